The Balaban J connectivity index is 0.000000121. The van der Waals surface area contributed by atoms with Crippen LogP contribution in [0.25, 0.3) is 0 Å². The second-order valence-corrected chi connectivity index (χ2v) is 14.1. The molecular weight excluding hydrogens is 584 g/mol. The summed E-state index contributed by atoms with van der Waals surface area (Å²) in [6.45, 7) is 10.6. The van der Waals surface area contributed by atoms with Gasteiger partial charge in [-0.3, -0.25) is 24.1 Å². The van der Waals surface area contributed by atoms with Crippen LogP contribution in [-0.2, 0) is 19.2 Å². The Morgan fingerprint density at radius 3 is 2.15 bits per heavy atom. The zero-order chi connectivity index (χ0) is 32.5. The van der Waals surface area contributed by atoms with E-state index in [0.29, 0.717) is 86.1 Å². The zero-order valence-corrected chi connectivity index (χ0v) is 28.0. The third kappa shape index (κ3) is 9.77. The van der Waals surface area contributed by atoms with Crippen molar-refractivity contribution in [3.8, 4) is 0 Å². The van der Waals surface area contributed by atoms with Crippen LogP contribution in [0.2, 0.25) is 0 Å². The third-order valence-corrected chi connectivity index (χ3v) is 10.5. The van der Waals surface area contributed by atoms with Gasteiger partial charge in [0.2, 0.25) is 0 Å². The summed E-state index contributed by atoms with van der Waals surface area (Å²) < 4.78 is 0. The molecule has 0 spiro atoms. The lowest BCUT2D eigenvalue weighted by atomic mass is 9.84. The van der Waals surface area contributed by atoms with Crippen LogP contribution in [-0.4, -0.2) is 138 Å². The fraction of sp³-hybridized carbons (Fsp3) is 0.765. The summed E-state index contributed by atoms with van der Waals surface area (Å²) in [5.41, 5.74) is 5.28. The van der Waals surface area contributed by atoms with E-state index in [9.17, 15) is 19.2 Å². The largest absolute Gasteiger partial charge is 0.381 e. The zero-order valence-electron chi connectivity index (χ0n) is 28.0. The van der Waals surface area contributed by atoms with Crippen molar-refractivity contribution in [2.45, 2.75) is 63.5 Å². The molecule has 8 aliphatic heterocycles. The molecule has 12 nitrogen and oxygen atoms in total. The number of ketones is 4. The minimum absolute atomic E-state index is 0.312. The molecule has 4 saturated heterocycles. The molecule has 6 N–H and O–H groups in total. The van der Waals surface area contributed by atoms with E-state index >= 15 is 0 Å². The van der Waals surface area contributed by atoms with E-state index < -0.39 is 0 Å². The van der Waals surface area contributed by atoms with E-state index in [1.165, 1.54) is 35.4 Å². The number of hydrogen-bond acceptors (Lipinski definition) is 12. The van der Waals surface area contributed by atoms with E-state index in [4.69, 9.17) is 0 Å². The minimum Gasteiger partial charge on any atom is -0.381 e. The molecule has 8 heterocycles. The Labute approximate surface area is 274 Å². The average molecular weight is 641 g/mol. The lowest BCUT2D eigenvalue weighted by molar-refractivity contribution is -0.126. The molecule has 46 heavy (non-hydrogen) atoms. The summed E-state index contributed by atoms with van der Waals surface area (Å²) in [6, 6.07) is 1.26. The van der Waals surface area contributed by atoms with E-state index in [2.05, 4.69) is 48.7 Å². The van der Waals surface area contributed by atoms with Gasteiger partial charge in [-0.2, -0.15) is 0 Å². The first-order chi connectivity index (χ1) is 22.3. The quantitative estimate of drug-likeness (QED) is 0.200. The predicted octanol–water partition coefficient (Wildman–Crippen LogP) is -0.669. The van der Waals surface area contributed by atoms with Crippen molar-refractivity contribution in [3.05, 3.63) is 22.5 Å². The van der Waals surface area contributed by atoms with Gasteiger partial charge in [-0.05, 0) is 81.9 Å². The average Bonchev–Trinajstić information content (AvgIpc) is 3.05. The van der Waals surface area contributed by atoms with Gasteiger partial charge in [-0.15, -0.1) is 0 Å². The van der Waals surface area contributed by atoms with Gasteiger partial charge in [-0.1, -0.05) is 0 Å². The van der Waals surface area contributed by atoms with Gasteiger partial charge in [-0.25, -0.2) is 0 Å². The summed E-state index contributed by atoms with van der Waals surface area (Å²) in [7, 11) is 4.08. The molecule has 0 aromatic carbocycles. The van der Waals surface area contributed by atoms with Crippen LogP contribution in [0.3, 0.4) is 0 Å². The van der Waals surface area contributed by atoms with Gasteiger partial charge < -0.3 is 36.8 Å². The van der Waals surface area contributed by atoms with Crippen LogP contribution in [0.4, 0.5) is 0 Å². The highest BCUT2D eigenvalue weighted by Crippen LogP contribution is 2.25. The van der Waals surface area contributed by atoms with Crippen molar-refractivity contribution in [3.63, 3.8) is 0 Å². The Bertz CT molecular complexity index is 1190. The topological polar surface area (TPSA) is 147 Å². The smallest absolute Gasteiger partial charge is 0.156 e. The molecule has 0 aliphatic carbocycles. The number of nitrogens with one attached hydrogen (secondary N) is 6. The first-order valence-corrected chi connectivity index (χ1v) is 17.5. The van der Waals surface area contributed by atoms with Gasteiger partial charge in [0, 0.05) is 82.4 Å². The SMILES string of the molecule is CN1CC(=O)CC2=C1CCNC2.CN1CC(=O)CC2CNCCC21.O=C1CNC2=C(CNCC2)C1.O=C1CNC2CCNCC2C1. The number of hydrogen-bond donors (Lipinski definition) is 6. The molecule has 0 bridgehead atoms. The molecule has 8 rings (SSSR count). The van der Waals surface area contributed by atoms with E-state index in [0.717, 1.165) is 78.0 Å². The van der Waals surface area contributed by atoms with Gasteiger partial charge >= 0.3 is 0 Å². The Morgan fingerprint density at radius 1 is 0.630 bits per heavy atom. The van der Waals surface area contributed by atoms with Gasteiger partial charge in [0.25, 0.3) is 0 Å². The maximum atomic E-state index is 11.3. The number of Topliss-reactive ketones (excluding diaryl/α,β-unsaturated/α-hetero) is 4. The molecule has 0 saturated carbocycles. The van der Waals surface area contributed by atoms with Crippen LogP contribution in [0.5, 0.6) is 0 Å². The van der Waals surface area contributed by atoms with Crippen molar-refractivity contribution in [1.82, 2.24) is 41.7 Å². The summed E-state index contributed by atoms with van der Waals surface area (Å²) in [6.07, 6.45) is 7.43. The van der Waals surface area contributed by atoms with Crippen molar-refractivity contribution in [1.29, 1.82) is 0 Å². The number of rotatable bonds is 0. The van der Waals surface area contributed by atoms with Gasteiger partial charge in [0.1, 0.15) is 11.6 Å². The van der Waals surface area contributed by atoms with Crippen LogP contribution in [0.1, 0.15) is 51.4 Å². The summed E-state index contributed by atoms with van der Waals surface area (Å²) in [4.78, 5) is 48.8. The minimum atomic E-state index is 0.312. The highest BCUT2D eigenvalue weighted by Gasteiger charge is 2.34. The van der Waals surface area contributed by atoms with E-state index in [-0.39, 0.29) is 0 Å². The summed E-state index contributed by atoms with van der Waals surface area (Å²) >= 11 is 0. The second kappa shape index (κ2) is 17.1. The summed E-state index contributed by atoms with van der Waals surface area (Å²) in [5.74, 6) is 2.57. The Hall–Kier alpha value is -2.48. The van der Waals surface area contributed by atoms with Crippen molar-refractivity contribution in [2.24, 2.45) is 11.8 Å². The first-order valence-electron chi connectivity index (χ1n) is 17.5. The molecule has 12 heteroatoms. The maximum Gasteiger partial charge on any atom is 0.156 e. The predicted molar refractivity (Wildman–Crippen MR) is 178 cm³/mol. The van der Waals surface area contributed by atoms with Crippen LogP contribution < -0.4 is 31.9 Å². The lowest BCUT2D eigenvalue weighted by Gasteiger charge is -2.41. The van der Waals surface area contributed by atoms with E-state index in [1.807, 2.05) is 7.05 Å². The van der Waals surface area contributed by atoms with E-state index in [1.54, 1.807) is 0 Å². The van der Waals surface area contributed by atoms with Gasteiger partial charge in [0.05, 0.1) is 26.2 Å². The van der Waals surface area contributed by atoms with Crippen molar-refractivity contribution >= 4 is 23.1 Å². The molecule has 4 unspecified atom stereocenters. The number of likely N-dealkylation sites (tertiary alicyclic amines) is 1. The van der Waals surface area contributed by atoms with Crippen molar-refractivity contribution < 1.29 is 19.2 Å². The fourth-order valence-electron chi connectivity index (χ4n) is 8.09. The summed E-state index contributed by atoms with van der Waals surface area (Å²) in [5, 5.41) is 19.6. The number of piperidine rings is 4. The fourth-order valence-corrected chi connectivity index (χ4v) is 8.09. The molecule has 0 aromatic rings. The number of fused-ring (bicyclic) bond motifs is 2. The van der Waals surface area contributed by atoms with Crippen LogP contribution in [0, 0.1) is 11.8 Å². The normalized spacial score (nSPS) is 31.3. The molecule has 256 valence electrons. The molecule has 0 aromatic heterocycles. The number of carbonyl (C=O) groups is 4. The first kappa shape index (κ1) is 34.8. The monoisotopic (exact) mass is 640 g/mol. The van der Waals surface area contributed by atoms with Crippen molar-refractivity contribution in [2.75, 3.05) is 92.6 Å². The standard InChI is InChI=1S/C9H16N2O.C9H14N2O.C8H14N2O.C8H12N2O/c2*1-11-6-8(12)4-7-5-10-3-2-9(7)11;2*11-7-3-6-4-9-2-1-8(6)10-5-7/h7,9-10H,2-6H2,1H3;10H,2-6H2,1H3;6,8-10H,1-5H2;9-10H,1-5H2. The highest BCUT2D eigenvalue weighted by atomic mass is 16.1. The Kier molecular flexibility index (Phi) is 12.9. The lowest BCUT2D eigenvalue weighted by Crippen LogP contribution is -2.54. The molecular formula is C34H56N8O4. The molecule has 4 atom stereocenters. The number of nitrogens with zero attached hydrogens (tertiary/aromatic N) is 2. The molecule has 4 fully saturated rings. The van der Waals surface area contributed by atoms with Crippen LogP contribution >= 0.6 is 0 Å². The highest BCUT2D eigenvalue weighted by molar-refractivity contribution is 5.85. The maximum absolute atomic E-state index is 11.3. The second-order valence-electron chi connectivity index (χ2n) is 14.1. The third-order valence-electron chi connectivity index (χ3n) is 10.5. The number of carbonyl (C=O) groups excluding carboxylic acids is 4. The molecule has 8 aliphatic rings. The molecule has 0 amide bonds. The van der Waals surface area contributed by atoms with Gasteiger partial charge in [0.15, 0.2) is 11.6 Å². The molecule has 0 radical (unpaired) electrons. The Morgan fingerprint density at radius 2 is 1.33 bits per heavy atom. The van der Waals surface area contributed by atoms with Crippen LogP contribution in [0.15, 0.2) is 22.5 Å². The number of likely N-dealkylation sites (N-methyl/N-ethyl adjacent to an activating group) is 2.